The second kappa shape index (κ2) is 5.16. The maximum atomic E-state index is 12.9. The summed E-state index contributed by atoms with van der Waals surface area (Å²) in [7, 11) is 0. The third-order valence-electron chi connectivity index (χ3n) is 4.73. The topological polar surface area (TPSA) is 75.7 Å². The summed E-state index contributed by atoms with van der Waals surface area (Å²) in [6.07, 6.45) is 5.57. The van der Waals surface area contributed by atoms with Crippen molar-refractivity contribution in [3.05, 3.63) is 0 Å². The Balaban J connectivity index is 1.91. The summed E-state index contributed by atoms with van der Waals surface area (Å²) in [6, 6.07) is -0.805. The molecular formula is C14H20N2O4. The van der Waals surface area contributed by atoms with Crippen molar-refractivity contribution in [2.75, 3.05) is 13.2 Å². The molecule has 1 N–H and O–H groups in total. The van der Waals surface area contributed by atoms with Crippen LogP contribution < -0.4 is 5.32 Å². The van der Waals surface area contributed by atoms with Crippen LogP contribution in [0, 0.1) is 5.41 Å². The lowest BCUT2D eigenvalue weighted by molar-refractivity contribution is -0.154. The summed E-state index contributed by atoms with van der Waals surface area (Å²) in [5.41, 5.74) is -1.02. The van der Waals surface area contributed by atoms with Crippen molar-refractivity contribution in [2.45, 2.75) is 51.0 Å². The maximum Gasteiger partial charge on any atom is 0.331 e. The number of carbonyl (C=O) groups excluding carboxylic acids is 3. The lowest BCUT2D eigenvalue weighted by atomic mass is 9.76. The van der Waals surface area contributed by atoms with Gasteiger partial charge in [0.25, 0.3) is 0 Å². The summed E-state index contributed by atoms with van der Waals surface area (Å²) in [6.45, 7) is 0.937. The molecule has 0 bridgehead atoms. The molecule has 3 fully saturated rings. The smallest absolute Gasteiger partial charge is 0.331 e. The Morgan fingerprint density at radius 1 is 1.10 bits per heavy atom. The van der Waals surface area contributed by atoms with Crippen LogP contribution in [0.1, 0.15) is 44.9 Å². The van der Waals surface area contributed by atoms with E-state index in [2.05, 4.69) is 5.32 Å². The fraction of sp³-hybridized carbons (Fsp3) is 0.786. The van der Waals surface area contributed by atoms with Crippen molar-refractivity contribution in [1.82, 2.24) is 10.2 Å². The van der Waals surface area contributed by atoms with E-state index in [0.717, 1.165) is 25.7 Å². The molecule has 3 rings (SSSR count). The first-order valence-electron chi connectivity index (χ1n) is 7.42. The van der Waals surface area contributed by atoms with Gasteiger partial charge in [0.1, 0.15) is 5.41 Å². The van der Waals surface area contributed by atoms with E-state index in [0.29, 0.717) is 32.5 Å². The molecule has 1 spiro atoms. The van der Waals surface area contributed by atoms with Gasteiger partial charge in [-0.2, -0.15) is 0 Å². The molecule has 0 aromatic carbocycles. The van der Waals surface area contributed by atoms with E-state index in [1.807, 2.05) is 0 Å². The van der Waals surface area contributed by atoms with E-state index in [9.17, 15) is 14.4 Å². The fourth-order valence-corrected chi connectivity index (χ4v) is 3.53. The van der Waals surface area contributed by atoms with Gasteiger partial charge in [0.15, 0.2) is 0 Å². The highest BCUT2D eigenvalue weighted by Crippen LogP contribution is 2.40. The average Bonchev–Trinajstić information content (AvgIpc) is 2.81. The van der Waals surface area contributed by atoms with Gasteiger partial charge in [-0.15, -0.1) is 0 Å². The molecule has 0 radical (unpaired) electrons. The number of urea groups is 1. The number of amides is 4. The van der Waals surface area contributed by atoms with E-state index in [1.54, 1.807) is 0 Å². The number of imide groups is 2. The van der Waals surface area contributed by atoms with E-state index >= 15 is 0 Å². The Labute approximate surface area is 117 Å². The summed E-state index contributed by atoms with van der Waals surface area (Å²) in [4.78, 5) is 38.4. The molecule has 110 valence electrons. The molecular weight excluding hydrogens is 260 g/mol. The van der Waals surface area contributed by atoms with Crippen molar-refractivity contribution in [3.8, 4) is 0 Å². The number of nitrogens with zero attached hydrogens (tertiary/aromatic N) is 1. The minimum atomic E-state index is -1.02. The Kier molecular flexibility index (Phi) is 3.50. The molecule has 20 heavy (non-hydrogen) atoms. The average molecular weight is 280 g/mol. The number of rotatable bonds is 1. The van der Waals surface area contributed by atoms with Gasteiger partial charge in [-0.25, -0.2) is 4.79 Å². The highest BCUT2D eigenvalue weighted by atomic mass is 16.5. The van der Waals surface area contributed by atoms with Gasteiger partial charge in [0.2, 0.25) is 11.8 Å². The molecule has 2 saturated heterocycles. The Morgan fingerprint density at radius 2 is 1.80 bits per heavy atom. The number of nitrogens with one attached hydrogen (secondary N) is 1. The van der Waals surface area contributed by atoms with Crippen LogP contribution in [0.4, 0.5) is 4.79 Å². The standard InChI is InChI=1S/C14H20N2O4/c17-11-14(6-3-1-2-4-7-14)12(18)16(13(19)15-11)10-5-8-20-9-10/h10H,1-9H2,(H,15,17,19). The lowest BCUT2D eigenvalue weighted by Crippen LogP contribution is -2.66. The minimum absolute atomic E-state index is 0.226. The van der Waals surface area contributed by atoms with Crippen molar-refractivity contribution < 1.29 is 19.1 Å². The normalized spacial score (nSPS) is 30.5. The molecule has 1 unspecified atom stereocenters. The maximum absolute atomic E-state index is 12.9. The number of ether oxygens (including phenoxy) is 1. The van der Waals surface area contributed by atoms with Gasteiger partial charge in [-0.3, -0.25) is 19.8 Å². The quantitative estimate of drug-likeness (QED) is 0.732. The first kappa shape index (κ1) is 13.5. The van der Waals surface area contributed by atoms with Crippen molar-refractivity contribution >= 4 is 17.8 Å². The van der Waals surface area contributed by atoms with Crippen LogP contribution in [0.2, 0.25) is 0 Å². The summed E-state index contributed by atoms with van der Waals surface area (Å²) < 4.78 is 5.28. The van der Waals surface area contributed by atoms with E-state index in [1.165, 1.54) is 4.90 Å². The van der Waals surface area contributed by atoms with Crippen LogP contribution in [-0.2, 0) is 14.3 Å². The molecule has 1 saturated carbocycles. The second-order valence-corrected chi connectivity index (χ2v) is 5.95. The largest absolute Gasteiger partial charge is 0.379 e. The van der Waals surface area contributed by atoms with Gasteiger partial charge in [0.05, 0.1) is 12.6 Å². The predicted octanol–water partition coefficient (Wildman–Crippen LogP) is 1.19. The molecule has 6 nitrogen and oxygen atoms in total. The van der Waals surface area contributed by atoms with Crippen LogP contribution in [0.25, 0.3) is 0 Å². The summed E-state index contributed by atoms with van der Waals surface area (Å²) in [5.74, 6) is -0.701. The number of hydrogen-bond donors (Lipinski definition) is 1. The lowest BCUT2D eigenvalue weighted by Gasteiger charge is -2.40. The van der Waals surface area contributed by atoms with E-state index in [4.69, 9.17) is 4.74 Å². The molecule has 2 aliphatic heterocycles. The molecule has 3 aliphatic rings. The second-order valence-electron chi connectivity index (χ2n) is 5.95. The number of hydrogen-bond acceptors (Lipinski definition) is 4. The van der Waals surface area contributed by atoms with Crippen LogP contribution in [0.15, 0.2) is 0 Å². The Hall–Kier alpha value is -1.43. The zero-order valence-corrected chi connectivity index (χ0v) is 11.5. The number of barbiturate groups is 1. The Morgan fingerprint density at radius 3 is 2.40 bits per heavy atom. The summed E-state index contributed by atoms with van der Waals surface area (Å²) >= 11 is 0. The Bertz CT molecular complexity index is 434. The van der Waals surface area contributed by atoms with Crippen LogP contribution in [0.5, 0.6) is 0 Å². The van der Waals surface area contributed by atoms with Crippen LogP contribution >= 0.6 is 0 Å². The minimum Gasteiger partial charge on any atom is -0.379 e. The third-order valence-corrected chi connectivity index (χ3v) is 4.73. The zero-order valence-electron chi connectivity index (χ0n) is 11.5. The van der Waals surface area contributed by atoms with Crippen LogP contribution in [0.3, 0.4) is 0 Å². The first-order valence-corrected chi connectivity index (χ1v) is 7.42. The van der Waals surface area contributed by atoms with Crippen molar-refractivity contribution in [2.24, 2.45) is 5.41 Å². The van der Waals surface area contributed by atoms with Gasteiger partial charge < -0.3 is 4.74 Å². The third kappa shape index (κ3) is 2.02. The molecule has 1 atom stereocenters. The number of carbonyl (C=O) groups is 3. The molecule has 2 heterocycles. The summed E-state index contributed by atoms with van der Waals surface area (Å²) in [5, 5.41) is 2.40. The SMILES string of the molecule is O=C1NC(=O)C2(CCCCCC2)C(=O)N1C1CCOC1. The van der Waals surface area contributed by atoms with Crippen molar-refractivity contribution in [3.63, 3.8) is 0 Å². The molecule has 1 aliphatic carbocycles. The highest BCUT2D eigenvalue weighted by molar-refractivity contribution is 6.19. The zero-order chi connectivity index (χ0) is 14.2. The van der Waals surface area contributed by atoms with Crippen LogP contribution in [-0.4, -0.2) is 42.0 Å². The van der Waals surface area contributed by atoms with E-state index in [-0.39, 0.29) is 11.9 Å². The van der Waals surface area contributed by atoms with Gasteiger partial charge in [-0.1, -0.05) is 25.7 Å². The first-order chi connectivity index (χ1) is 9.65. The molecule has 0 aromatic rings. The fourth-order valence-electron chi connectivity index (χ4n) is 3.53. The molecule has 0 aromatic heterocycles. The van der Waals surface area contributed by atoms with E-state index < -0.39 is 17.4 Å². The monoisotopic (exact) mass is 280 g/mol. The predicted molar refractivity (Wildman–Crippen MR) is 69.7 cm³/mol. The van der Waals surface area contributed by atoms with Gasteiger partial charge >= 0.3 is 6.03 Å². The molecule has 6 heteroatoms. The van der Waals surface area contributed by atoms with Crippen molar-refractivity contribution in [1.29, 1.82) is 0 Å². The van der Waals surface area contributed by atoms with Gasteiger partial charge in [-0.05, 0) is 19.3 Å². The molecule has 4 amide bonds. The highest BCUT2D eigenvalue weighted by Gasteiger charge is 2.55. The van der Waals surface area contributed by atoms with Gasteiger partial charge in [0, 0.05) is 6.61 Å².